The van der Waals surface area contributed by atoms with E-state index in [1.165, 1.54) is 0 Å². The molecule has 0 radical (unpaired) electrons. The Morgan fingerprint density at radius 2 is 2.11 bits per heavy atom. The van der Waals surface area contributed by atoms with Crippen LogP contribution < -0.4 is 10.6 Å². The van der Waals surface area contributed by atoms with E-state index in [2.05, 4.69) is 25.7 Å². The molecule has 0 aliphatic carbocycles. The van der Waals surface area contributed by atoms with Crippen LogP contribution in [0.25, 0.3) is 0 Å². The van der Waals surface area contributed by atoms with Gasteiger partial charge in [0.05, 0.1) is 6.54 Å². The Hall–Kier alpha value is -2.17. The molecule has 8 nitrogen and oxygen atoms in total. The Labute approximate surface area is 177 Å². The van der Waals surface area contributed by atoms with Gasteiger partial charge in [-0.25, -0.2) is 0 Å². The van der Waals surface area contributed by atoms with Crippen molar-refractivity contribution in [3.63, 3.8) is 0 Å². The Balaban J connectivity index is 0.00000364. The molecule has 1 amide bonds. The van der Waals surface area contributed by atoms with Gasteiger partial charge in [-0.05, 0) is 24.6 Å². The van der Waals surface area contributed by atoms with Gasteiger partial charge in [-0.1, -0.05) is 6.07 Å². The Morgan fingerprint density at radius 1 is 1.26 bits per heavy atom. The van der Waals surface area contributed by atoms with Crippen LogP contribution in [0.3, 0.4) is 0 Å². The number of carbonyl (C=O) groups excluding carboxylic acids is 1. The first kappa shape index (κ1) is 22.9. The number of nitrogens with one attached hydrogen (secondary N) is 2. The standard InChI is InChI=1S/C18H27N7O.HI/c1-19-18(21-10-5-12-25-13-6-11-23-25)22-15-17(26)24(2)14-8-16-7-3-4-9-20-16;/h3-4,6-7,9,11,13H,5,8,10,12,14-15H2,1-2H3,(H2,19,21,22);1H. The molecule has 0 aliphatic rings. The number of amides is 1. The average Bonchev–Trinajstić information content (AvgIpc) is 3.19. The fraction of sp³-hybridized carbons (Fsp3) is 0.444. The van der Waals surface area contributed by atoms with E-state index in [4.69, 9.17) is 0 Å². The first-order chi connectivity index (χ1) is 12.7. The Bertz CT molecular complexity index is 676. The number of aryl methyl sites for hydroxylation is 1. The second-order valence-corrected chi connectivity index (χ2v) is 5.86. The van der Waals surface area contributed by atoms with Crippen molar-refractivity contribution in [1.29, 1.82) is 0 Å². The zero-order valence-corrected chi connectivity index (χ0v) is 18.2. The normalized spacial score (nSPS) is 10.8. The topological polar surface area (TPSA) is 87.4 Å². The fourth-order valence-electron chi connectivity index (χ4n) is 2.35. The van der Waals surface area contributed by atoms with Gasteiger partial charge in [-0.15, -0.1) is 24.0 Å². The summed E-state index contributed by atoms with van der Waals surface area (Å²) in [6, 6.07) is 7.71. The number of guanidine groups is 1. The van der Waals surface area contributed by atoms with Crippen molar-refractivity contribution in [2.75, 3.05) is 33.7 Å². The van der Waals surface area contributed by atoms with Crippen molar-refractivity contribution in [1.82, 2.24) is 30.3 Å². The first-order valence-corrected chi connectivity index (χ1v) is 8.75. The molecule has 2 N–H and O–H groups in total. The van der Waals surface area contributed by atoms with Crippen molar-refractivity contribution < 1.29 is 4.79 Å². The molecule has 0 saturated heterocycles. The number of nitrogens with zero attached hydrogens (tertiary/aromatic N) is 5. The monoisotopic (exact) mass is 485 g/mol. The largest absolute Gasteiger partial charge is 0.356 e. The number of carbonyl (C=O) groups is 1. The van der Waals surface area contributed by atoms with Crippen LogP contribution in [0.1, 0.15) is 12.1 Å². The summed E-state index contributed by atoms with van der Waals surface area (Å²) in [5.41, 5.74) is 0.981. The highest BCUT2D eigenvalue weighted by Gasteiger charge is 2.09. The van der Waals surface area contributed by atoms with E-state index in [-0.39, 0.29) is 36.4 Å². The van der Waals surface area contributed by atoms with Gasteiger partial charge in [-0.3, -0.25) is 19.5 Å². The third kappa shape index (κ3) is 8.85. The average molecular weight is 485 g/mol. The molecular formula is C18H28IN7O. The summed E-state index contributed by atoms with van der Waals surface area (Å²) in [6.07, 6.45) is 7.13. The van der Waals surface area contributed by atoms with Crippen LogP contribution in [0.4, 0.5) is 0 Å². The molecule has 0 bridgehead atoms. The highest BCUT2D eigenvalue weighted by molar-refractivity contribution is 14.0. The summed E-state index contributed by atoms with van der Waals surface area (Å²) < 4.78 is 1.89. The number of aliphatic imine (C=N–C) groups is 1. The lowest BCUT2D eigenvalue weighted by molar-refractivity contribution is -0.128. The Kier molecular flexibility index (Phi) is 11.1. The molecule has 0 atom stereocenters. The van der Waals surface area contributed by atoms with Gasteiger partial charge in [0.1, 0.15) is 0 Å². The quantitative estimate of drug-likeness (QED) is 0.241. The van der Waals surface area contributed by atoms with Crippen LogP contribution in [0.15, 0.2) is 47.8 Å². The second-order valence-electron chi connectivity index (χ2n) is 5.86. The highest BCUT2D eigenvalue weighted by Crippen LogP contribution is 1.96. The maximum absolute atomic E-state index is 12.2. The maximum Gasteiger partial charge on any atom is 0.241 e. The molecule has 148 valence electrons. The summed E-state index contributed by atoms with van der Waals surface area (Å²) in [6.45, 7) is 2.43. The van der Waals surface area contributed by atoms with Crippen molar-refractivity contribution in [3.8, 4) is 0 Å². The van der Waals surface area contributed by atoms with Crippen molar-refractivity contribution >= 4 is 35.8 Å². The lowest BCUT2D eigenvalue weighted by atomic mass is 10.2. The number of halogens is 1. The fourth-order valence-corrected chi connectivity index (χ4v) is 2.35. The van der Waals surface area contributed by atoms with Gasteiger partial charge in [0.15, 0.2) is 5.96 Å². The smallest absolute Gasteiger partial charge is 0.241 e. The molecule has 2 rings (SSSR count). The number of rotatable bonds is 9. The molecule has 27 heavy (non-hydrogen) atoms. The molecule has 2 aromatic heterocycles. The van der Waals surface area contributed by atoms with Gasteiger partial charge in [0, 0.05) is 64.4 Å². The summed E-state index contributed by atoms with van der Waals surface area (Å²) in [4.78, 5) is 22.3. The van der Waals surface area contributed by atoms with Gasteiger partial charge in [0.25, 0.3) is 0 Å². The number of hydrogen-bond donors (Lipinski definition) is 2. The Morgan fingerprint density at radius 3 is 2.78 bits per heavy atom. The minimum Gasteiger partial charge on any atom is -0.356 e. The molecule has 2 heterocycles. The van der Waals surface area contributed by atoms with Crippen LogP contribution in [-0.2, 0) is 17.8 Å². The van der Waals surface area contributed by atoms with E-state index in [0.717, 1.165) is 31.6 Å². The minimum absolute atomic E-state index is 0. The number of hydrogen-bond acceptors (Lipinski definition) is 4. The van der Waals surface area contributed by atoms with Gasteiger partial charge in [0.2, 0.25) is 5.91 Å². The molecule has 0 aliphatic heterocycles. The molecule has 0 fully saturated rings. The molecule has 0 saturated carbocycles. The van der Waals surface area contributed by atoms with E-state index < -0.39 is 0 Å². The zero-order valence-electron chi connectivity index (χ0n) is 15.8. The van der Waals surface area contributed by atoms with Crippen LogP contribution >= 0.6 is 24.0 Å². The molecule has 9 heteroatoms. The number of aromatic nitrogens is 3. The summed E-state index contributed by atoms with van der Waals surface area (Å²) in [5.74, 6) is 0.636. The summed E-state index contributed by atoms with van der Waals surface area (Å²) in [7, 11) is 3.49. The van der Waals surface area contributed by atoms with Crippen molar-refractivity contribution in [2.24, 2.45) is 4.99 Å². The number of pyridine rings is 1. The molecular weight excluding hydrogens is 457 g/mol. The summed E-state index contributed by atoms with van der Waals surface area (Å²) >= 11 is 0. The minimum atomic E-state index is 0. The molecule has 0 aromatic carbocycles. The third-order valence-electron chi connectivity index (χ3n) is 3.90. The molecule has 2 aromatic rings. The SMILES string of the molecule is CN=C(NCCCn1cccn1)NCC(=O)N(C)CCc1ccccn1.I. The van der Waals surface area contributed by atoms with Gasteiger partial charge < -0.3 is 15.5 Å². The van der Waals surface area contributed by atoms with E-state index in [0.29, 0.717) is 12.5 Å². The van der Waals surface area contributed by atoms with Crippen LogP contribution in [-0.4, -0.2) is 65.3 Å². The van der Waals surface area contributed by atoms with E-state index in [9.17, 15) is 4.79 Å². The lowest BCUT2D eigenvalue weighted by Gasteiger charge is -2.18. The van der Waals surface area contributed by atoms with Gasteiger partial charge in [-0.2, -0.15) is 5.10 Å². The first-order valence-electron chi connectivity index (χ1n) is 8.75. The predicted molar refractivity (Wildman–Crippen MR) is 117 cm³/mol. The van der Waals surface area contributed by atoms with Crippen LogP contribution in [0.5, 0.6) is 0 Å². The maximum atomic E-state index is 12.2. The molecule has 0 unspecified atom stereocenters. The summed E-state index contributed by atoms with van der Waals surface area (Å²) in [5, 5.41) is 10.4. The second kappa shape index (κ2) is 13.1. The van der Waals surface area contributed by atoms with Gasteiger partial charge >= 0.3 is 0 Å². The molecule has 0 spiro atoms. The van der Waals surface area contributed by atoms with Crippen molar-refractivity contribution in [2.45, 2.75) is 19.4 Å². The highest BCUT2D eigenvalue weighted by atomic mass is 127. The van der Waals surface area contributed by atoms with E-state index in [1.54, 1.807) is 31.4 Å². The van der Waals surface area contributed by atoms with Crippen LogP contribution in [0, 0.1) is 0 Å². The van der Waals surface area contributed by atoms with Crippen molar-refractivity contribution in [3.05, 3.63) is 48.5 Å². The zero-order chi connectivity index (χ0) is 18.6. The number of likely N-dealkylation sites (N-methyl/N-ethyl adjacent to an activating group) is 1. The predicted octanol–water partition coefficient (Wildman–Crippen LogP) is 1.15. The van der Waals surface area contributed by atoms with E-state index >= 15 is 0 Å². The van der Waals surface area contributed by atoms with Crippen LogP contribution in [0.2, 0.25) is 0 Å². The third-order valence-corrected chi connectivity index (χ3v) is 3.90. The van der Waals surface area contributed by atoms with E-state index in [1.807, 2.05) is 35.1 Å². The lowest BCUT2D eigenvalue weighted by Crippen LogP contribution is -2.44.